The molecular weight excluding hydrogens is 312 g/mol. The number of ether oxygens (including phenoxy) is 2. The van der Waals surface area contributed by atoms with Gasteiger partial charge in [0.05, 0.1) is 31.8 Å². The first-order valence-electron chi connectivity index (χ1n) is 7.45. The molecule has 0 bridgehead atoms. The van der Waals surface area contributed by atoms with Gasteiger partial charge in [-0.05, 0) is 31.2 Å². The van der Waals surface area contributed by atoms with E-state index >= 15 is 0 Å². The van der Waals surface area contributed by atoms with E-state index in [4.69, 9.17) is 13.9 Å². The standard InChI is InChI=1S/C17H22N2O5/c1-17(21,10-13-5-4-8-24-13)11-18-16(20)19-14-7-6-12(22-2)9-15(14)23-3/h4-9,21H,10-11H2,1-3H3,(H2,18,19,20). The van der Waals surface area contributed by atoms with E-state index in [1.54, 1.807) is 50.6 Å². The fourth-order valence-corrected chi connectivity index (χ4v) is 2.19. The van der Waals surface area contributed by atoms with Crippen molar-refractivity contribution in [2.45, 2.75) is 18.9 Å². The van der Waals surface area contributed by atoms with E-state index in [2.05, 4.69) is 10.6 Å². The second-order valence-corrected chi connectivity index (χ2v) is 5.63. The summed E-state index contributed by atoms with van der Waals surface area (Å²) in [6.07, 6.45) is 1.84. The third kappa shape index (κ3) is 4.92. The summed E-state index contributed by atoms with van der Waals surface area (Å²) in [4.78, 5) is 12.0. The second kappa shape index (κ2) is 7.74. The minimum atomic E-state index is -1.13. The molecule has 7 nitrogen and oxygen atoms in total. The quantitative estimate of drug-likeness (QED) is 0.723. The predicted molar refractivity (Wildman–Crippen MR) is 89.6 cm³/mol. The predicted octanol–water partition coefficient (Wildman–Crippen LogP) is 2.41. The van der Waals surface area contributed by atoms with Gasteiger partial charge >= 0.3 is 6.03 Å². The van der Waals surface area contributed by atoms with Crippen LogP contribution in [0, 0.1) is 0 Å². The zero-order chi connectivity index (χ0) is 17.6. The summed E-state index contributed by atoms with van der Waals surface area (Å²) in [5.74, 6) is 1.75. The maximum atomic E-state index is 12.0. The van der Waals surface area contributed by atoms with Gasteiger partial charge in [0.15, 0.2) is 0 Å². The zero-order valence-electron chi connectivity index (χ0n) is 14.0. The van der Waals surface area contributed by atoms with Crippen molar-refractivity contribution in [3.63, 3.8) is 0 Å². The average Bonchev–Trinajstić information content (AvgIpc) is 3.05. The number of aliphatic hydroxyl groups is 1. The maximum Gasteiger partial charge on any atom is 0.319 e. The van der Waals surface area contributed by atoms with Gasteiger partial charge in [0.25, 0.3) is 0 Å². The summed E-state index contributed by atoms with van der Waals surface area (Å²) in [6.45, 7) is 1.70. The number of nitrogens with one attached hydrogen (secondary N) is 2. The van der Waals surface area contributed by atoms with Crippen LogP contribution >= 0.6 is 0 Å². The number of carbonyl (C=O) groups is 1. The van der Waals surface area contributed by atoms with Crippen LogP contribution in [0.3, 0.4) is 0 Å². The Balaban J connectivity index is 1.91. The van der Waals surface area contributed by atoms with Crippen LogP contribution in [0.25, 0.3) is 0 Å². The number of rotatable bonds is 7. The first-order chi connectivity index (χ1) is 11.4. The molecule has 2 rings (SSSR count). The molecule has 1 aromatic carbocycles. The number of carbonyl (C=O) groups excluding carboxylic acids is 1. The van der Waals surface area contributed by atoms with Crippen LogP contribution in [0.15, 0.2) is 41.0 Å². The zero-order valence-corrected chi connectivity index (χ0v) is 14.0. The Bertz CT molecular complexity index is 668. The average molecular weight is 334 g/mol. The number of benzene rings is 1. The van der Waals surface area contributed by atoms with E-state index in [1.807, 2.05) is 0 Å². The molecule has 24 heavy (non-hydrogen) atoms. The van der Waals surface area contributed by atoms with E-state index in [0.717, 1.165) is 0 Å². The molecule has 0 saturated carbocycles. The van der Waals surface area contributed by atoms with E-state index in [-0.39, 0.29) is 6.54 Å². The molecule has 1 aromatic heterocycles. The third-order valence-corrected chi connectivity index (χ3v) is 3.42. The molecule has 1 atom stereocenters. The number of anilines is 1. The summed E-state index contributed by atoms with van der Waals surface area (Å²) < 4.78 is 15.5. The van der Waals surface area contributed by atoms with E-state index in [1.165, 1.54) is 7.11 Å². The van der Waals surface area contributed by atoms with Crippen molar-refractivity contribution in [3.05, 3.63) is 42.4 Å². The third-order valence-electron chi connectivity index (χ3n) is 3.42. The molecule has 0 radical (unpaired) electrons. The summed E-state index contributed by atoms with van der Waals surface area (Å²) in [5.41, 5.74) is -0.624. The summed E-state index contributed by atoms with van der Waals surface area (Å²) in [6, 6.07) is 8.14. The van der Waals surface area contributed by atoms with Crippen LogP contribution in [-0.2, 0) is 6.42 Å². The molecule has 1 unspecified atom stereocenters. The summed E-state index contributed by atoms with van der Waals surface area (Å²) >= 11 is 0. The minimum absolute atomic E-state index is 0.0675. The SMILES string of the molecule is COc1ccc(NC(=O)NCC(C)(O)Cc2ccco2)c(OC)c1. The number of urea groups is 1. The molecular formula is C17H22N2O5. The van der Waals surface area contributed by atoms with Gasteiger partial charge in [-0.1, -0.05) is 0 Å². The Labute approximate surface area is 140 Å². The summed E-state index contributed by atoms with van der Waals surface area (Å²) in [5, 5.41) is 15.6. The molecule has 2 aromatic rings. The van der Waals surface area contributed by atoms with Gasteiger partial charge in [-0.3, -0.25) is 0 Å². The second-order valence-electron chi connectivity index (χ2n) is 5.63. The molecule has 0 saturated heterocycles. The number of furan rings is 1. The molecule has 0 aliphatic heterocycles. The van der Waals surface area contributed by atoms with Crippen molar-refractivity contribution >= 4 is 11.7 Å². The van der Waals surface area contributed by atoms with Crippen molar-refractivity contribution in [2.75, 3.05) is 26.1 Å². The van der Waals surface area contributed by atoms with E-state index in [0.29, 0.717) is 29.4 Å². The molecule has 0 aliphatic rings. The van der Waals surface area contributed by atoms with Crippen LogP contribution in [0.4, 0.5) is 10.5 Å². The van der Waals surface area contributed by atoms with Gasteiger partial charge in [0.2, 0.25) is 0 Å². The Hall–Kier alpha value is -2.67. The van der Waals surface area contributed by atoms with Crippen molar-refractivity contribution in [1.29, 1.82) is 0 Å². The number of hydrogen-bond acceptors (Lipinski definition) is 5. The van der Waals surface area contributed by atoms with Crippen LogP contribution < -0.4 is 20.1 Å². The van der Waals surface area contributed by atoms with Gasteiger partial charge < -0.3 is 29.6 Å². The fourth-order valence-electron chi connectivity index (χ4n) is 2.19. The number of amides is 2. The van der Waals surface area contributed by atoms with E-state index < -0.39 is 11.6 Å². The summed E-state index contributed by atoms with van der Waals surface area (Å²) in [7, 11) is 3.06. The Morgan fingerprint density at radius 2 is 2.08 bits per heavy atom. The van der Waals surface area contributed by atoms with Crippen molar-refractivity contribution < 1.29 is 23.8 Å². The van der Waals surface area contributed by atoms with Crippen molar-refractivity contribution in [2.24, 2.45) is 0 Å². The first kappa shape index (κ1) is 17.7. The first-order valence-corrected chi connectivity index (χ1v) is 7.45. The topological polar surface area (TPSA) is 93.0 Å². The lowest BCUT2D eigenvalue weighted by Crippen LogP contribution is -2.43. The smallest absolute Gasteiger partial charge is 0.319 e. The molecule has 0 fully saturated rings. The molecule has 2 amide bonds. The number of hydrogen-bond donors (Lipinski definition) is 3. The largest absolute Gasteiger partial charge is 0.497 e. The highest BCUT2D eigenvalue weighted by atomic mass is 16.5. The highest BCUT2D eigenvalue weighted by Crippen LogP contribution is 2.28. The Morgan fingerprint density at radius 1 is 1.29 bits per heavy atom. The molecule has 130 valence electrons. The fraction of sp³-hybridized carbons (Fsp3) is 0.353. The molecule has 7 heteroatoms. The van der Waals surface area contributed by atoms with Gasteiger partial charge in [-0.15, -0.1) is 0 Å². The lowest BCUT2D eigenvalue weighted by Gasteiger charge is -2.22. The molecule has 1 heterocycles. The van der Waals surface area contributed by atoms with Gasteiger partial charge in [0.1, 0.15) is 17.3 Å². The molecule has 0 aliphatic carbocycles. The van der Waals surface area contributed by atoms with Crippen LogP contribution in [0.5, 0.6) is 11.5 Å². The van der Waals surface area contributed by atoms with Crippen LogP contribution in [0.2, 0.25) is 0 Å². The maximum absolute atomic E-state index is 12.0. The highest BCUT2D eigenvalue weighted by Gasteiger charge is 2.23. The minimum Gasteiger partial charge on any atom is -0.497 e. The molecule has 0 spiro atoms. The Kier molecular flexibility index (Phi) is 5.70. The number of methoxy groups -OCH3 is 2. The molecule has 3 N–H and O–H groups in total. The van der Waals surface area contributed by atoms with Crippen molar-refractivity contribution in [1.82, 2.24) is 5.32 Å². The Morgan fingerprint density at radius 3 is 2.71 bits per heavy atom. The lowest BCUT2D eigenvalue weighted by atomic mass is 10.0. The van der Waals surface area contributed by atoms with Crippen LogP contribution in [-0.4, -0.2) is 37.5 Å². The van der Waals surface area contributed by atoms with Gasteiger partial charge in [0, 0.05) is 19.0 Å². The highest BCUT2D eigenvalue weighted by molar-refractivity contribution is 5.91. The van der Waals surface area contributed by atoms with Crippen molar-refractivity contribution in [3.8, 4) is 11.5 Å². The van der Waals surface area contributed by atoms with Gasteiger partial charge in [-0.25, -0.2) is 4.79 Å². The van der Waals surface area contributed by atoms with E-state index in [9.17, 15) is 9.90 Å². The van der Waals surface area contributed by atoms with Gasteiger partial charge in [-0.2, -0.15) is 0 Å². The lowest BCUT2D eigenvalue weighted by molar-refractivity contribution is 0.0577. The van der Waals surface area contributed by atoms with Crippen LogP contribution in [0.1, 0.15) is 12.7 Å². The monoisotopic (exact) mass is 334 g/mol. The normalized spacial score (nSPS) is 13.0.